The van der Waals surface area contributed by atoms with Crippen molar-refractivity contribution in [3.63, 3.8) is 0 Å². The summed E-state index contributed by atoms with van der Waals surface area (Å²) in [6.07, 6.45) is 1.21. The number of hydrogen-bond donors (Lipinski definition) is 1. The van der Waals surface area contributed by atoms with Crippen molar-refractivity contribution in [2.75, 3.05) is 26.7 Å². The van der Waals surface area contributed by atoms with Crippen molar-refractivity contribution >= 4 is 17.8 Å². The minimum Gasteiger partial charge on any atom is -0.481 e. The zero-order valence-corrected chi connectivity index (χ0v) is 15.9. The maximum absolute atomic E-state index is 13.0. The Labute approximate surface area is 162 Å². The number of aryl methyl sites for hydroxylation is 1. The van der Waals surface area contributed by atoms with Crippen LogP contribution < -0.4 is 0 Å². The van der Waals surface area contributed by atoms with E-state index in [4.69, 9.17) is 4.52 Å². The van der Waals surface area contributed by atoms with Crippen molar-refractivity contribution in [1.82, 2.24) is 15.0 Å². The first-order chi connectivity index (χ1) is 13.4. The van der Waals surface area contributed by atoms with Crippen LogP contribution in [0.1, 0.15) is 29.0 Å². The Morgan fingerprint density at radius 3 is 2.68 bits per heavy atom. The van der Waals surface area contributed by atoms with Crippen molar-refractivity contribution in [3.05, 3.63) is 41.7 Å². The molecule has 1 atom stereocenters. The van der Waals surface area contributed by atoms with Gasteiger partial charge in [-0.25, -0.2) is 0 Å². The predicted octanol–water partition coefficient (Wildman–Crippen LogP) is 2.05. The Kier molecular flexibility index (Phi) is 5.77. The molecule has 2 heterocycles. The summed E-state index contributed by atoms with van der Waals surface area (Å²) >= 11 is 0. The SMILES string of the molecule is Cc1onc(-c2ccccc2)c1C(=O)N(C)CC(=O)N1CCCC(C(=O)O)C1. The second-order valence-electron chi connectivity index (χ2n) is 7.01. The van der Waals surface area contributed by atoms with Crippen molar-refractivity contribution in [2.24, 2.45) is 5.92 Å². The normalized spacial score (nSPS) is 16.6. The Morgan fingerprint density at radius 1 is 1.29 bits per heavy atom. The largest absolute Gasteiger partial charge is 0.481 e. The number of aliphatic carboxylic acids is 1. The number of carbonyl (C=O) groups is 3. The van der Waals surface area contributed by atoms with E-state index in [9.17, 15) is 19.5 Å². The van der Waals surface area contributed by atoms with Gasteiger partial charge in [-0.3, -0.25) is 14.4 Å². The van der Waals surface area contributed by atoms with Crippen LogP contribution in [-0.2, 0) is 9.59 Å². The van der Waals surface area contributed by atoms with Crippen LogP contribution in [0.15, 0.2) is 34.9 Å². The number of carboxylic acid groups (broad SMARTS) is 1. The quantitative estimate of drug-likeness (QED) is 0.845. The monoisotopic (exact) mass is 385 g/mol. The van der Waals surface area contributed by atoms with Crippen molar-refractivity contribution in [2.45, 2.75) is 19.8 Å². The van der Waals surface area contributed by atoms with E-state index in [1.54, 1.807) is 14.0 Å². The molecule has 1 unspecified atom stereocenters. The fraction of sp³-hybridized carbons (Fsp3) is 0.400. The Hall–Kier alpha value is -3.16. The van der Waals surface area contributed by atoms with Crippen LogP contribution >= 0.6 is 0 Å². The smallest absolute Gasteiger partial charge is 0.308 e. The molecule has 1 aromatic heterocycles. The van der Waals surface area contributed by atoms with E-state index >= 15 is 0 Å². The number of carboxylic acids is 1. The summed E-state index contributed by atoms with van der Waals surface area (Å²) in [6.45, 7) is 2.21. The van der Waals surface area contributed by atoms with Gasteiger partial charge in [0.05, 0.1) is 12.5 Å². The predicted molar refractivity (Wildman–Crippen MR) is 101 cm³/mol. The van der Waals surface area contributed by atoms with Crippen LogP contribution in [0.3, 0.4) is 0 Å². The lowest BCUT2D eigenvalue weighted by Gasteiger charge is -2.32. The van der Waals surface area contributed by atoms with Crippen LogP contribution in [0.25, 0.3) is 11.3 Å². The van der Waals surface area contributed by atoms with Gasteiger partial charge in [-0.05, 0) is 19.8 Å². The first-order valence-electron chi connectivity index (χ1n) is 9.16. The zero-order valence-electron chi connectivity index (χ0n) is 15.9. The molecule has 0 saturated carbocycles. The van der Waals surface area contributed by atoms with Gasteiger partial charge in [-0.15, -0.1) is 0 Å². The third kappa shape index (κ3) is 4.05. The summed E-state index contributed by atoms with van der Waals surface area (Å²) in [5.41, 5.74) is 1.51. The first-order valence-corrected chi connectivity index (χ1v) is 9.16. The van der Waals surface area contributed by atoms with Gasteiger partial charge >= 0.3 is 5.97 Å². The van der Waals surface area contributed by atoms with Gasteiger partial charge in [-0.1, -0.05) is 35.5 Å². The van der Waals surface area contributed by atoms with E-state index in [-0.39, 0.29) is 24.9 Å². The third-order valence-corrected chi connectivity index (χ3v) is 4.97. The second-order valence-corrected chi connectivity index (χ2v) is 7.01. The molecule has 0 radical (unpaired) electrons. The summed E-state index contributed by atoms with van der Waals surface area (Å²) in [4.78, 5) is 39.6. The van der Waals surface area contributed by atoms with E-state index in [2.05, 4.69) is 5.16 Å². The molecule has 1 saturated heterocycles. The lowest BCUT2D eigenvalue weighted by atomic mass is 9.98. The number of nitrogens with zero attached hydrogens (tertiary/aromatic N) is 3. The first kappa shape index (κ1) is 19.6. The molecule has 8 nitrogen and oxygen atoms in total. The molecule has 148 valence electrons. The molecular weight excluding hydrogens is 362 g/mol. The average Bonchev–Trinajstić information content (AvgIpc) is 3.09. The molecule has 28 heavy (non-hydrogen) atoms. The summed E-state index contributed by atoms with van der Waals surface area (Å²) in [6, 6.07) is 9.22. The summed E-state index contributed by atoms with van der Waals surface area (Å²) in [7, 11) is 1.54. The molecule has 3 rings (SSSR count). The topological polar surface area (TPSA) is 104 Å². The van der Waals surface area contributed by atoms with E-state index in [0.29, 0.717) is 36.4 Å². The van der Waals surface area contributed by atoms with Crippen molar-refractivity contribution in [3.8, 4) is 11.3 Å². The molecule has 2 aromatic rings. The Bertz CT molecular complexity index is 877. The number of amides is 2. The number of likely N-dealkylation sites (N-methyl/N-ethyl adjacent to an activating group) is 1. The molecule has 2 amide bonds. The zero-order chi connectivity index (χ0) is 20.3. The van der Waals surface area contributed by atoms with Crippen LogP contribution in [0.4, 0.5) is 0 Å². The molecule has 0 aliphatic carbocycles. The second kappa shape index (κ2) is 8.24. The van der Waals surface area contributed by atoms with Crippen molar-refractivity contribution in [1.29, 1.82) is 0 Å². The highest BCUT2D eigenvalue weighted by atomic mass is 16.5. The van der Waals surface area contributed by atoms with E-state index in [0.717, 1.165) is 5.56 Å². The number of rotatable bonds is 5. The van der Waals surface area contributed by atoms with Crippen LogP contribution in [0.2, 0.25) is 0 Å². The minimum absolute atomic E-state index is 0.135. The van der Waals surface area contributed by atoms with Crippen molar-refractivity contribution < 1.29 is 24.0 Å². The van der Waals surface area contributed by atoms with Gasteiger partial charge in [0.25, 0.3) is 5.91 Å². The molecular formula is C20H23N3O5. The van der Waals surface area contributed by atoms with E-state index in [1.165, 1.54) is 9.80 Å². The maximum Gasteiger partial charge on any atom is 0.308 e. The van der Waals surface area contributed by atoms with Crippen LogP contribution in [0.5, 0.6) is 0 Å². The molecule has 1 fully saturated rings. The van der Waals surface area contributed by atoms with Gasteiger partial charge in [0.1, 0.15) is 17.0 Å². The maximum atomic E-state index is 13.0. The highest BCUT2D eigenvalue weighted by molar-refractivity contribution is 6.02. The number of likely N-dealkylation sites (tertiary alicyclic amines) is 1. The van der Waals surface area contributed by atoms with Gasteiger partial charge in [0, 0.05) is 25.7 Å². The molecule has 1 aliphatic heterocycles. The standard InChI is InChI=1S/C20H23N3O5/c1-13-17(18(21-28-13)14-7-4-3-5-8-14)19(25)22(2)12-16(24)23-10-6-9-15(11-23)20(26)27/h3-5,7-8,15H,6,9-12H2,1-2H3,(H,26,27). The number of carbonyl (C=O) groups excluding carboxylic acids is 2. The third-order valence-electron chi connectivity index (χ3n) is 4.97. The number of piperidine rings is 1. The summed E-state index contributed by atoms with van der Waals surface area (Å²) in [5, 5.41) is 13.2. The van der Waals surface area contributed by atoms with Crippen LogP contribution in [-0.4, -0.2) is 64.5 Å². The van der Waals surface area contributed by atoms with Crippen LogP contribution in [0, 0.1) is 12.8 Å². The number of benzene rings is 1. The molecule has 1 N–H and O–H groups in total. The van der Waals surface area contributed by atoms with Gasteiger partial charge < -0.3 is 19.4 Å². The Morgan fingerprint density at radius 2 is 2.00 bits per heavy atom. The molecule has 1 aromatic carbocycles. The number of hydrogen-bond acceptors (Lipinski definition) is 5. The van der Waals surface area contributed by atoms with Gasteiger partial charge in [0.2, 0.25) is 5.91 Å². The molecule has 0 spiro atoms. The molecule has 1 aliphatic rings. The number of aromatic nitrogens is 1. The molecule has 8 heteroatoms. The summed E-state index contributed by atoms with van der Waals surface area (Å²) < 4.78 is 5.22. The lowest BCUT2D eigenvalue weighted by Crippen LogP contribution is -2.47. The lowest BCUT2D eigenvalue weighted by molar-refractivity contribution is -0.145. The fourth-order valence-electron chi connectivity index (χ4n) is 3.39. The fourth-order valence-corrected chi connectivity index (χ4v) is 3.39. The molecule has 0 bridgehead atoms. The van der Waals surface area contributed by atoms with Gasteiger partial charge in [0.15, 0.2) is 0 Å². The minimum atomic E-state index is -0.894. The highest BCUT2D eigenvalue weighted by Crippen LogP contribution is 2.26. The summed E-state index contributed by atoms with van der Waals surface area (Å²) in [5.74, 6) is -1.69. The van der Waals surface area contributed by atoms with Gasteiger partial charge in [-0.2, -0.15) is 0 Å². The Balaban J connectivity index is 1.73. The van der Waals surface area contributed by atoms with E-state index < -0.39 is 11.9 Å². The van der Waals surface area contributed by atoms with E-state index in [1.807, 2.05) is 30.3 Å². The average molecular weight is 385 g/mol. The highest BCUT2D eigenvalue weighted by Gasteiger charge is 2.30.